The molecule has 0 spiro atoms. The van der Waals surface area contributed by atoms with E-state index in [0.717, 1.165) is 12.3 Å². The maximum atomic E-state index is 13.7. The predicted octanol–water partition coefficient (Wildman–Crippen LogP) is 3.29. The Morgan fingerprint density at radius 1 is 1.23 bits per heavy atom. The van der Waals surface area contributed by atoms with Crippen molar-refractivity contribution in [3.8, 4) is 11.4 Å². The van der Waals surface area contributed by atoms with Gasteiger partial charge in [0.05, 0.1) is 5.56 Å². The minimum atomic E-state index is -4.48. The molecule has 0 aliphatic carbocycles. The van der Waals surface area contributed by atoms with Crippen molar-refractivity contribution in [1.82, 2.24) is 14.5 Å². The lowest BCUT2D eigenvalue weighted by molar-refractivity contribution is -0.137. The van der Waals surface area contributed by atoms with E-state index in [1.807, 2.05) is 0 Å². The molecule has 1 aromatic carbocycles. The molecule has 0 bridgehead atoms. The average molecular weight is 327 g/mol. The van der Waals surface area contributed by atoms with E-state index >= 15 is 0 Å². The van der Waals surface area contributed by atoms with Crippen molar-refractivity contribution < 1.29 is 17.6 Å². The molecule has 22 heavy (non-hydrogen) atoms. The molecule has 0 fully saturated rings. The number of rotatable bonds is 1. The van der Waals surface area contributed by atoms with E-state index in [9.17, 15) is 17.6 Å². The Morgan fingerprint density at radius 2 is 1.95 bits per heavy atom. The Bertz CT molecular complexity index is 870. The monoisotopic (exact) mass is 327 g/mol. The van der Waals surface area contributed by atoms with Gasteiger partial charge in [-0.25, -0.2) is 14.4 Å². The van der Waals surface area contributed by atoms with Crippen LogP contribution in [0.5, 0.6) is 0 Å². The van der Waals surface area contributed by atoms with Gasteiger partial charge < -0.3 is 4.57 Å². The molecule has 0 amide bonds. The molecule has 3 aromatic rings. The third-order valence-electron chi connectivity index (χ3n) is 3.33. The summed E-state index contributed by atoms with van der Waals surface area (Å²) in [6.07, 6.45) is -3.72. The molecule has 8 heteroatoms. The van der Waals surface area contributed by atoms with Gasteiger partial charge in [-0.1, -0.05) is 12.1 Å². The fourth-order valence-electron chi connectivity index (χ4n) is 2.20. The summed E-state index contributed by atoms with van der Waals surface area (Å²) in [5.41, 5.74) is 0.0340. The van der Waals surface area contributed by atoms with Gasteiger partial charge in [0.15, 0.2) is 5.65 Å². The highest BCUT2D eigenvalue weighted by Gasteiger charge is 2.31. The first-order valence-electron chi connectivity index (χ1n) is 6.23. The van der Waals surface area contributed by atoms with Gasteiger partial charge in [-0.3, -0.25) is 0 Å². The van der Waals surface area contributed by atoms with Gasteiger partial charge >= 0.3 is 6.18 Å². The largest absolute Gasteiger partial charge is 0.417 e. The van der Waals surface area contributed by atoms with Crippen LogP contribution in [0.1, 0.15) is 5.56 Å². The smallest absolute Gasteiger partial charge is 0.312 e. The minimum Gasteiger partial charge on any atom is -0.312 e. The van der Waals surface area contributed by atoms with Crippen molar-refractivity contribution in [1.29, 1.82) is 0 Å². The van der Waals surface area contributed by atoms with Crippen LogP contribution < -0.4 is 5.30 Å². The van der Waals surface area contributed by atoms with E-state index in [2.05, 4.69) is 19.2 Å². The molecule has 3 nitrogen and oxygen atoms in total. The van der Waals surface area contributed by atoms with Crippen LogP contribution in [-0.4, -0.2) is 14.5 Å². The number of fused-ring (bicyclic) bond motifs is 1. The number of alkyl halides is 3. The summed E-state index contributed by atoms with van der Waals surface area (Å²) in [6, 6.07) is 5.41. The third-order valence-corrected chi connectivity index (χ3v) is 3.92. The van der Waals surface area contributed by atoms with Gasteiger partial charge in [-0.2, -0.15) is 13.2 Å². The van der Waals surface area contributed by atoms with Crippen molar-refractivity contribution in [3.05, 3.63) is 41.8 Å². The number of halogens is 4. The van der Waals surface area contributed by atoms with Crippen molar-refractivity contribution >= 4 is 25.7 Å². The predicted molar refractivity (Wildman–Crippen MR) is 78.2 cm³/mol. The molecule has 0 aliphatic heterocycles. The standard InChI is InChI=1S/C14H10F4N3P/c1-21-12(8-3-2-4-9(15)11(8)22)20-10-5-7(14(16,17)18)6-19-13(10)21/h2-6H,22H2,1H3. The fourth-order valence-corrected chi connectivity index (χ4v) is 2.53. The maximum Gasteiger partial charge on any atom is 0.417 e. The molecular weight excluding hydrogens is 317 g/mol. The van der Waals surface area contributed by atoms with Crippen LogP contribution in [0.15, 0.2) is 30.5 Å². The first kappa shape index (κ1) is 14.9. The molecule has 0 N–H and O–H groups in total. The van der Waals surface area contributed by atoms with E-state index < -0.39 is 17.6 Å². The summed E-state index contributed by atoms with van der Waals surface area (Å²) in [4.78, 5) is 8.00. The maximum absolute atomic E-state index is 13.7. The van der Waals surface area contributed by atoms with Crippen LogP contribution in [-0.2, 0) is 13.2 Å². The molecule has 0 saturated heterocycles. The van der Waals surface area contributed by atoms with E-state index in [4.69, 9.17) is 0 Å². The minimum absolute atomic E-state index is 0.112. The molecule has 3 rings (SSSR count). The molecule has 114 valence electrons. The van der Waals surface area contributed by atoms with Crippen molar-refractivity contribution in [2.24, 2.45) is 7.05 Å². The molecule has 1 atom stereocenters. The molecule has 1 unspecified atom stereocenters. The molecule has 0 saturated carbocycles. The highest BCUT2D eigenvalue weighted by Crippen LogP contribution is 2.31. The normalized spacial score (nSPS) is 12.1. The quantitative estimate of drug-likeness (QED) is 0.507. The number of pyridine rings is 1. The number of hydrogen-bond acceptors (Lipinski definition) is 2. The number of aromatic nitrogens is 3. The lowest BCUT2D eigenvalue weighted by Gasteiger charge is -2.06. The summed E-state index contributed by atoms with van der Waals surface area (Å²) in [5, 5.41) is 0.303. The highest BCUT2D eigenvalue weighted by molar-refractivity contribution is 7.28. The third kappa shape index (κ3) is 2.35. The first-order chi connectivity index (χ1) is 10.3. The molecule has 2 aromatic heterocycles. The average Bonchev–Trinajstić information content (AvgIpc) is 2.78. The van der Waals surface area contributed by atoms with Gasteiger partial charge in [0, 0.05) is 24.1 Å². The van der Waals surface area contributed by atoms with Crippen LogP contribution in [0.2, 0.25) is 0 Å². The topological polar surface area (TPSA) is 30.7 Å². The van der Waals surface area contributed by atoms with Gasteiger partial charge in [-0.15, -0.1) is 9.24 Å². The van der Waals surface area contributed by atoms with E-state index in [1.54, 1.807) is 13.1 Å². The number of hydrogen-bond donors (Lipinski definition) is 0. The summed E-state index contributed by atoms with van der Waals surface area (Å²) < 4.78 is 53.4. The SMILES string of the molecule is Cn1c(-c2cccc(F)c2P)nc2cc(C(F)(F)F)cnc21. The second kappa shape index (κ2) is 5.02. The lowest BCUT2D eigenvalue weighted by atomic mass is 10.2. The zero-order chi connectivity index (χ0) is 16.1. The summed E-state index contributed by atoms with van der Waals surface area (Å²) >= 11 is 0. The van der Waals surface area contributed by atoms with Crippen LogP contribution in [0.4, 0.5) is 17.6 Å². The zero-order valence-corrected chi connectivity index (χ0v) is 12.5. The van der Waals surface area contributed by atoms with Crippen molar-refractivity contribution in [2.75, 3.05) is 0 Å². The Balaban J connectivity index is 2.24. The Hall–Kier alpha value is -2.01. The fraction of sp³-hybridized carbons (Fsp3) is 0.143. The summed E-state index contributed by atoms with van der Waals surface area (Å²) in [5.74, 6) is -0.0789. The highest BCUT2D eigenvalue weighted by atomic mass is 31.0. The van der Waals surface area contributed by atoms with E-state index in [0.29, 0.717) is 22.3 Å². The molecular formula is C14H10F4N3P. The van der Waals surface area contributed by atoms with Gasteiger partial charge in [0.2, 0.25) is 0 Å². The second-order valence-electron chi connectivity index (χ2n) is 4.76. The van der Waals surface area contributed by atoms with Crippen LogP contribution in [0.3, 0.4) is 0 Å². The van der Waals surface area contributed by atoms with Gasteiger partial charge in [-0.05, 0) is 12.1 Å². The Morgan fingerprint density at radius 3 is 2.64 bits per heavy atom. The van der Waals surface area contributed by atoms with Crippen LogP contribution >= 0.6 is 9.24 Å². The number of aryl methyl sites for hydroxylation is 1. The number of imidazole rings is 1. The first-order valence-corrected chi connectivity index (χ1v) is 6.81. The van der Waals surface area contributed by atoms with E-state index in [-0.39, 0.29) is 5.52 Å². The second-order valence-corrected chi connectivity index (χ2v) is 5.34. The molecule has 0 radical (unpaired) electrons. The van der Waals surface area contributed by atoms with Crippen molar-refractivity contribution in [3.63, 3.8) is 0 Å². The van der Waals surface area contributed by atoms with Gasteiger partial charge in [0.1, 0.15) is 17.2 Å². The molecule has 2 heterocycles. The van der Waals surface area contributed by atoms with E-state index in [1.165, 1.54) is 16.7 Å². The number of nitrogens with zero attached hydrogens (tertiary/aromatic N) is 3. The lowest BCUT2D eigenvalue weighted by Crippen LogP contribution is -2.06. The number of benzene rings is 1. The van der Waals surface area contributed by atoms with Crippen molar-refractivity contribution in [2.45, 2.75) is 6.18 Å². The van der Waals surface area contributed by atoms with Crippen LogP contribution in [0, 0.1) is 5.82 Å². The molecule has 0 aliphatic rings. The summed E-state index contributed by atoms with van der Waals surface area (Å²) in [7, 11) is 3.90. The Kier molecular flexibility index (Phi) is 3.40. The Labute approximate surface area is 125 Å². The summed E-state index contributed by atoms with van der Waals surface area (Å²) in [6.45, 7) is 0. The van der Waals surface area contributed by atoms with Gasteiger partial charge in [0.25, 0.3) is 0 Å². The van der Waals surface area contributed by atoms with Crippen LogP contribution in [0.25, 0.3) is 22.6 Å². The zero-order valence-electron chi connectivity index (χ0n) is 11.3.